The molecule has 0 unspecified atom stereocenters. The lowest BCUT2D eigenvalue weighted by molar-refractivity contribution is -0.137. The third-order valence-electron chi connectivity index (χ3n) is 6.69. The molecule has 0 spiro atoms. The Morgan fingerprint density at radius 2 is 1.80 bits per heavy atom. The number of rotatable bonds is 12. The molecule has 8 nitrogen and oxygen atoms in total. The molecule has 40 heavy (non-hydrogen) atoms. The topological polar surface area (TPSA) is 108 Å². The minimum Gasteiger partial charge on any atom is -0.449 e. The van der Waals surface area contributed by atoms with Crippen molar-refractivity contribution in [2.75, 3.05) is 32.8 Å². The normalized spacial score (nSPS) is 17.9. The number of aliphatic hydroxyl groups is 1. The molecule has 0 bridgehead atoms. The zero-order valence-electron chi connectivity index (χ0n) is 22.7. The van der Waals surface area contributed by atoms with Gasteiger partial charge >= 0.3 is 12.3 Å². The Labute approximate surface area is 234 Å². The number of alkyl carbamates (subject to hydrolysis) is 1. The zero-order chi connectivity index (χ0) is 29.3. The summed E-state index contributed by atoms with van der Waals surface area (Å²) in [6.07, 6.45) is -4.53. The highest BCUT2D eigenvalue weighted by molar-refractivity contribution is 7.89. The van der Waals surface area contributed by atoms with Gasteiger partial charge in [0.25, 0.3) is 0 Å². The fourth-order valence-corrected chi connectivity index (χ4v) is 6.20. The quantitative estimate of drug-likeness (QED) is 0.347. The first-order chi connectivity index (χ1) is 18.9. The van der Waals surface area contributed by atoms with Crippen LogP contribution in [0.1, 0.15) is 37.8 Å². The van der Waals surface area contributed by atoms with Crippen LogP contribution in [-0.2, 0) is 27.4 Å². The molecule has 12 heteroatoms. The molecule has 222 valence electrons. The summed E-state index contributed by atoms with van der Waals surface area (Å²) in [5.41, 5.74) is -0.152. The van der Waals surface area contributed by atoms with Gasteiger partial charge in [0.15, 0.2) is 0 Å². The van der Waals surface area contributed by atoms with E-state index in [1.54, 1.807) is 13.8 Å². The lowest BCUT2D eigenvalue weighted by Gasteiger charge is -2.31. The van der Waals surface area contributed by atoms with Gasteiger partial charge in [-0.1, -0.05) is 44.2 Å². The van der Waals surface area contributed by atoms with Crippen molar-refractivity contribution in [2.45, 2.75) is 56.3 Å². The van der Waals surface area contributed by atoms with Gasteiger partial charge in [-0.3, -0.25) is 0 Å². The van der Waals surface area contributed by atoms with Crippen molar-refractivity contribution >= 4 is 16.1 Å². The maximum Gasteiger partial charge on any atom is 0.416 e. The first-order valence-corrected chi connectivity index (χ1v) is 14.8. The fraction of sp³-hybridized carbons (Fsp3) is 0.536. The number of ether oxygens (including phenoxy) is 1. The number of carbonyl (C=O) groups excluding carboxylic acids is 1. The Morgan fingerprint density at radius 3 is 2.38 bits per heavy atom. The number of amides is 1. The molecule has 0 aromatic heterocycles. The number of aliphatic hydroxyl groups excluding tert-OH is 1. The summed E-state index contributed by atoms with van der Waals surface area (Å²) in [6, 6.07) is 11.5. The summed E-state index contributed by atoms with van der Waals surface area (Å²) >= 11 is 0. The van der Waals surface area contributed by atoms with Crippen LogP contribution in [0.2, 0.25) is 0 Å². The van der Waals surface area contributed by atoms with E-state index < -0.39 is 40.0 Å². The molecule has 3 N–H and O–H groups in total. The monoisotopic (exact) mass is 585 g/mol. The van der Waals surface area contributed by atoms with Gasteiger partial charge in [0, 0.05) is 25.6 Å². The van der Waals surface area contributed by atoms with E-state index >= 15 is 0 Å². The molecular weight excluding hydrogens is 547 g/mol. The van der Waals surface area contributed by atoms with Crippen LogP contribution in [0.15, 0.2) is 59.5 Å². The molecular formula is C28H38F3N3O5S. The minimum absolute atomic E-state index is 0.0115. The zero-order valence-corrected chi connectivity index (χ0v) is 23.5. The molecule has 0 saturated carbocycles. The third-order valence-corrected chi connectivity index (χ3v) is 8.54. The maximum absolute atomic E-state index is 13.5. The molecule has 1 heterocycles. The molecule has 1 fully saturated rings. The highest BCUT2D eigenvalue weighted by Crippen LogP contribution is 2.30. The predicted molar refractivity (Wildman–Crippen MR) is 145 cm³/mol. The first-order valence-electron chi connectivity index (χ1n) is 13.4. The van der Waals surface area contributed by atoms with Gasteiger partial charge in [0.2, 0.25) is 10.0 Å². The molecule has 1 saturated heterocycles. The molecule has 3 atom stereocenters. The highest BCUT2D eigenvalue weighted by Gasteiger charge is 2.34. The molecule has 1 aliphatic heterocycles. The average Bonchev–Trinajstić information content (AvgIpc) is 2.91. The van der Waals surface area contributed by atoms with Gasteiger partial charge in [-0.05, 0) is 61.6 Å². The van der Waals surface area contributed by atoms with Crippen molar-refractivity contribution < 1.29 is 36.2 Å². The molecule has 0 radical (unpaired) electrons. The second kappa shape index (κ2) is 14.3. The third kappa shape index (κ3) is 9.46. The number of nitrogens with one attached hydrogen (secondary N) is 2. The second-order valence-corrected chi connectivity index (χ2v) is 12.5. The van der Waals surface area contributed by atoms with Crippen LogP contribution in [0.4, 0.5) is 18.0 Å². The molecule has 1 aliphatic rings. The first kappa shape index (κ1) is 31.9. The SMILES string of the molecule is CC(C)CN(C[C@@H](O)[C@H](Cc1ccccc1)NC(=O)OC[C@H]1CCCNC1)S(=O)(=O)c1ccc(C(F)(F)F)cc1. The van der Waals surface area contributed by atoms with E-state index in [0.29, 0.717) is 12.1 Å². The van der Waals surface area contributed by atoms with Crippen molar-refractivity contribution in [2.24, 2.45) is 11.8 Å². The minimum atomic E-state index is -4.60. The lowest BCUT2D eigenvalue weighted by atomic mass is 10.0. The summed E-state index contributed by atoms with van der Waals surface area (Å²) in [4.78, 5) is 12.4. The standard InChI is InChI=1S/C28H38F3N3O5S/c1-20(2)17-34(40(37,38)24-12-10-23(11-13-24)28(29,30)31)18-26(35)25(15-21-7-4-3-5-8-21)33-27(36)39-19-22-9-6-14-32-16-22/h3-5,7-8,10-13,20,22,25-26,32,35H,6,9,14-19H2,1-2H3,(H,33,36)/t22-,25-,26+/m0/s1. The van der Waals surface area contributed by atoms with E-state index in [9.17, 15) is 31.5 Å². The van der Waals surface area contributed by atoms with Crippen molar-refractivity contribution in [3.63, 3.8) is 0 Å². The molecule has 2 aromatic rings. The van der Waals surface area contributed by atoms with Gasteiger partial charge in [-0.25, -0.2) is 13.2 Å². The fourth-order valence-electron chi connectivity index (χ4n) is 4.58. The van der Waals surface area contributed by atoms with Crippen molar-refractivity contribution in [3.8, 4) is 0 Å². The van der Waals surface area contributed by atoms with Crippen LogP contribution in [0.5, 0.6) is 0 Å². The number of halogens is 3. The Morgan fingerprint density at radius 1 is 1.12 bits per heavy atom. The Bertz CT molecular complexity index is 1170. The van der Waals surface area contributed by atoms with Crippen molar-refractivity contribution in [1.82, 2.24) is 14.9 Å². The summed E-state index contributed by atoms with van der Waals surface area (Å²) in [5, 5.41) is 17.2. The van der Waals surface area contributed by atoms with E-state index in [1.807, 2.05) is 30.3 Å². The Hall–Kier alpha value is -2.67. The number of sulfonamides is 1. The maximum atomic E-state index is 13.5. The van der Waals surface area contributed by atoms with Crippen molar-refractivity contribution in [3.05, 3.63) is 65.7 Å². The van der Waals surface area contributed by atoms with Gasteiger partial charge < -0.3 is 20.5 Å². The van der Waals surface area contributed by atoms with Crippen LogP contribution in [-0.4, -0.2) is 68.9 Å². The number of piperidine rings is 1. The van der Waals surface area contributed by atoms with Gasteiger partial charge in [0.1, 0.15) is 0 Å². The number of alkyl halides is 3. The van der Waals surface area contributed by atoms with Crippen LogP contribution >= 0.6 is 0 Å². The number of nitrogens with zero attached hydrogens (tertiary/aromatic N) is 1. The number of carbonyl (C=O) groups is 1. The Kier molecular flexibility index (Phi) is 11.4. The van der Waals surface area contributed by atoms with E-state index in [0.717, 1.165) is 47.9 Å². The molecule has 1 amide bonds. The number of hydrogen-bond donors (Lipinski definition) is 3. The number of benzene rings is 2. The second-order valence-electron chi connectivity index (χ2n) is 10.6. The van der Waals surface area contributed by atoms with Crippen LogP contribution < -0.4 is 10.6 Å². The smallest absolute Gasteiger partial charge is 0.416 e. The summed E-state index contributed by atoms with van der Waals surface area (Å²) in [7, 11) is -4.26. The van der Waals surface area contributed by atoms with E-state index in [1.165, 1.54) is 0 Å². The molecule has 0 aliphatic carbocycles. The van der Waals surface area contributed by atoms with E-state index in [2.05, 4.69) is 10.6 Å². The lowest BCUT2D eigenvalue weighted by Crippen LogP contribution is -2.51. The largest absolute Gasteiger partial charge is 0.449 e. The van der Waals surface area contributed by atoms with Crippen LogP contribution in [0, 0.1) is 11.8 Å². The summed E-state index contributed by atoms with van der Waals surface area (Å²) < 4.78 is 72.4. The highest BCUT2D eigenvalue weighted by atomic mass is 32.2. The van der Waals surface area contributed by atoms with Gasteiger partial charge in [0.05, 0.1) is 29.2 Å². The number of hydrogen-bond acceptors (Lipinski definition) is 6. The van der Waals surface area contributed by atoms with Crippen LogP contribution in [0.25, 0.3) is 0 Å². The summed E-state index contributed by atoms with van der Waals surface area (Å²) in [6.45, 7) is 5.10. The van der Waals surface area contributed by atoms with Gasteiger partial charge in [-0.15, -0.1) is 0 Å². The van der Waals surface area contributed by atoms with E-state index in [4.69, 9.17) is 4.74 Å². The van der Waals surface area contributed by atoms with Crippen LogP contribution in [0.3, 0.4) is 0 Å². The predicted octanol–water partition coefficient (Wildman–Crippen LogP) is 4.05. The summed E-state index contributed by atoms with van der Waals surface area (Å²) in [5.74, 6) is 0.0402. The molecule has 2 aromatic carbocycles. The van der Waals surface area contributed by atoms with Crippen molar-refractivity contribution in [1.29, 1.82) is 0 Å². The molecule has 3 rings (SSSR count). The average molecular weight is 586 g/mol. The van der Waals surface area contributed by atoms with E-state index in [-0.39, 0.29) is 42.8 Å². The Balaban J connectivity index is 1.78. The van der Waals surface area contributed by atoms with Gasteiger partial charge in [-0.2, -0.15) is 17.5 Å².